The summed E-state index contributed by atoms with van der Waals surface area (Å²) in [6.07, 6.45) is 0. The summed E-state index contributed by atoms with van der Waals surface area (Å²) >= 11 is 0. The van der Waals surface area contributed by atoms with Gasteiger partial charge in [-0.05, 0) is 11.1 Å². The number of non-ortho nitro benzene ring substituents is 4. The average Bonchev–Trinajstić information content (AvgIpc) is 3.57. The molecule has 0 aliphatic carbocycles. The van der Waals surface area contributed by atoms with Crippen molar-refractivity contribution in [3.8, 4) is 22.3 Å². The van der Waals surface area contributed by atoms with Crippen molar-refractivity contribution in [1.29, 1.82) is 0 Å². The maximum atomic E-state index is 13.7. The van der Waals surface area contributed by atoms with Crippen molar-refractivity contribution in [2.45, 2.75) is 0 Å². The third kappa shape index (κ3) is 8.95. The van der Waals surface area contributed by atoms with E-state index in [2.05, 4.69) is 26.5 Å². The molecule has 0 radical (unpaired) electrons. The number of hydrogen-bond donors (Lipinski definition) is 7. The van der Waals surface area contributed by atoms with Crippen LogP contribution in [0.3, 0.4) is 0 Å². The molecule has 278 valence electrons. The Morgan fingerprint density at radius 3 is 1.05 bits per heavy atom. The van der Waals surface area contributed by atoms with E-state index in [0.29, 0.717) is 23.3 Å². The maximum Gasteiger partial charge on any atom is 0.337 e. The fourth-order valence-electron chi connectivity index (χ4n) is 5.06. The lowest BCUT2D eigenvalue weighted by Gasteiger charge is -2.12. The quantitative estimate of drug-likeness (QED) is 0.0738. The predicted molar refractivity (Wildman–Crippen MR) is 190 cm³/mol. The van der Waals surface area contributed by atoms with E-state index < -0.39 is 66.3 Å². The molecule has 0 atom stereocenters. The first kappa shape index (κ1) is 37.5. The van der Waals surface area contributed by atoms with Crippen molar-refractivity contribution >= 4 is 58.0 Å². The first-order chi connectivity index (χ1) is 26.2. The van der Waals surface area contributed by atoms with E-state index in [4.69, 9.17) is 0 Å². The normalized spacial score (nSPS) is 10.3. The summed E-state index contributed by atoms with van der Waals surface area (Å²) in [4.78, 5) is 96.7. The Bertz CT molecular complexity index is 2160. The van der Waals surface area contributed by atoms with E-state index in [9.17, 15) is 59.6 Å². The minimum atomic E-state index is -1.17. The number of H-pyrrole nitrogens is 1. The zero-order valence-electron chi connectivity index (χ0n) is 27.4. The molecular formula is C32H23N11O12. The second-order valence-electron chi connectivity index (χ2n) is 10.9. The number of rotatable bonds is 10. The molecule has 0 bridgehead atoms. The van der Waals surface area contributed by atoms with Crippen molar-refractivity contribution in [1.82, 2.24) is 26.7 Å². The van der Waals surface area contributed by atoms with Gasteiger partial charge in [0.1, 0.15) is 11.4 Å². The Morgan fingerprint density at radius 1 is 0.455 bits per heavy atom. The molecule has 5 aromatic rings. The highest BCUT2D eigenvalue weighted by atomic mass is 16.6. The van der Waals surface area contributed by atoms with Crippen LogP contribution in [0.1, 0.15) is 21.0 Å². The molecule has 23 nitrogen and oxygen atoms in total. The highest BCUT2D eigenvalue weighted by molar-refractivity contribution is 6.11. The molecule has 0 aliphatic rings. The number of amides is 6. The van der Waals surface area contributed by atoms with Crippen LogP contribution in [0.25, 0.3) is 22.3 Å². The number of hydrogen-bond acceptors (Lipinski definition) is 12. The van der Waals surface area contributed by atoms with Crippen molar-refractivity contribution in [3.63, 3.8) is 0 Å². The van der Waals surface area contributed by atoms with Crippen molar-refractivity contribution in [2.24, 2.45) is 0 Å². The average molecular weight is 754 g/mol. The van der Waals surface area contributed by atoms with Gasteiger partial charge in [0, 0.05) is 35.4 Å². The molecule has 4 aromatic carbocycles. The van der Waals surface area contributed by atoms with Gasteiger partial charge in [0.15, 0.2) is 0 Å². The zero-order valence-corrected chi connectivity index (χ0v) is 27.4. The zero-order chi connectivity index (χ0) is 39.8. The van der Waals surface area contributed by atoms with Gasteiger partial charge in [0.25, 0.3) is 34.6 Å². The van der Waals surface area contributed by atoms with Gasteiger partial charge in [-0.2, -0.15) is 0 Å². The minimum Gasteiger partial charge on any atom is -0.345 e. The fourth-order valence-corrected chi connectivity index (χ4v) is 5.06. The Balaban J connectivity index is 1.42. The Morgan fingerprint density at radius 2 is 0.764 bits per heavy atom. The van der Waals surface area contributed by atoms with Crippen LogP contribution < -0.4 is 32.3 Å². The number of urea groups is 2. The van der Waals surface area contributed by atoms with Gasteiger partial charge < -0.3 is 15.6 Å². The van der Waals surface area contributed by atoms with E-state index in [1.54, 1.807) is 60.7 Å². The molecule has 0 saturated carbocycles. The molecule has 0 spiro atoms. The highest BCUT2D eigenvalue weighted by Gasteiger charge is 2.28. The summed E-state index contributed by atoms with van der Waals surface area (Å²) < 4.78 is 0. The monoisotopic (exact) mass is 753 g/mol. The van der Waals surface area contributed by atoms with Gasteiger partial charge in [-0.1, -0.05) is 60.7 Å². The predicted octanol–water partition coefficient (Wildman–Crippen LogP) is 4.91. The molecule has 0 fully saturated rings. The molecule has 23 heteroatoms. The summed E-state index contributed by atoms with van der Waals surface area (Å²) in [5, 5.41) is 49.2. The van der Waals surface area contributed by atoms with Gasteiger partial charge in [0.05, 0.1) is 43.2 Å². The van der Waals surface area contributed by atoms with Crippen LogP contribution in [0.15, 0.2) is 97.1 Å². The molecule has 0 aliphatic heterocycles. The number of anilines is 2. The molecular weight excluding hydrogens is 730 g/mol. The Labute approximate surface area is 305 Å². The third-order valence-corrected chi connectivity index (χ3v) is 7.32. The number of nitrogens with zero attached hydrogens (tertiary/aromatic N) is 4. The number of carbonyl (C=O) groups excluding carboxylic acids is 4. The summed E-state index contributed by atoms with van der Waals surface area (Å²) in [6, 6.07) is 18.9. The second-order valence-corrected chi connectivity index (χ2v) is 10.9. The number of carbonyl (C=O) groups is 4. The lowest BCUT2D eigenvalue weighted by Crippen LogP contribution is -2.44. The molecule has 1 aromatic heterocycles. The van der Waals surface area contributed by atoms with E-state index in [1.807, 2.05) is 10.9 Å². The second kappa shape index (κ2) is 16.1. The van der Waals surface area contributed by atoms with Crippen LogP contribution >= 0.6 is 0 Å². The van der Waals surface area contributed by atoms with Gasteiger partial charge in [-0.15, -0.1) is 0 Å². The molecule has 55 heavy (non-hydrogen) atoms. The summed E-state index contributed by atoms with van der Waals surface area (Å²) in [5.41, 5.74) is 5.44. The minimum absolute atomic E-state index is 0.152. The third-order valence-electron chi connectivity index (χ3n) is 7.32. The van der Waals surface area contributed by atoms with Crippen LogP contribution in [0.4, 0.5) is 43.7 Å². The van der Waals surface area contributed by atoms with Gasteiger partial charge in [0.2, 0.25) is 0 Å². The maximum absolute atomic E-state index is 13.7. The van der Waals surface area contributed by atoms with Crippen molar-refractivity contribution in [2.75, 3.05) is 10.6 Å². The van der Waals surface area contributed by atoms with Crippen molar-refractivity contribution in [3.05, 3.63) is 149 Å². The number of aromatic nitrogens is 1. The first-order valence-electron chi connectivity index (χ1n) is 15.2. The number of aromatic amines is 1. The number of benzene rings is 4. The van der Waals surface area contributed by atoms with Crippen LogP contribution in [-0.4, -0.2) is 48.6 Å². The fraction of sp³-hybridized carbons (Fsp3) is 0. The lowest BCUT2D eigenvalue weighted by atomic mass is 9.94. The molecule has 0 unspecified atom stereocenters. The lowest BCUT2D eigenvalue weighted by molar-refractivity contribution is -0.394. The summed E-state index contributed by atoms with van der Waals surface area (Å²) in [5.74, 6) is -2.04. The van der Waals surface area contributed by atoms with Crippen LogP contribution in [0, 0.1) is 40.5 Å². The standard InChI is InChI=1S/C32H23N11O12/c44-29(36-38-31(46)33-19-11-21(40(48)49)15-22(12-19)41(50)51)27-25(17-7-3-1-4-8-17)26(18-9-5-2-6-10-18)28(35-27)30(45)37-39-32(47)34-20-13-23(42(52)53)16-24(14-20)43(54)55/h1-16,35H,(H,36,44)(H,37,45)(H2,33,38,46)(H2,34,39,47). The molecule has 0 saturated heterocycles. The number of nitro groups is 4. The van der Waals surface area contributed by atoms with Gasteiger partial charge in [-0.25, -0.2) is 20.4 Å². The number of nitrogens with one attached hydrogen (secondary N) is 7. The number of nitro benzene ring substituents is 4. The molecule has 7 N–H and O–H groups in total. The van der Waals surface area contributed by atoms with Gasteiger partial charge in [-0.3, -0.25) is 60.9 Å². The van der Waals surface area contributed by atoms with E-state index in [1.165, 1.54) is 0 Å². The van der Waals surface area contributed by atoms with Crippen LogP contribution in [-0.2, 0) is 0 Å². The SMILES string of the molecule is O=C(NNC(=O)c1[nH]c(C(=O)NNC(=O)Nc2cc([N+](=O)[O-])cc([N+](=O)[O-])c2)c(-c2ccccc2)c1-c1ccccc1)Nc1cc([N+](=O)[O-])cc([N+](=O)[O-])c1. The topological polar surface area (TPSA) is 329 Å². The van der Waals surface area contributed by atoms with Crippen LogP contribution in [0.2, 0.25) is 0 Å². The van der Waals surface area contributed by atoms with E-state index in [-0.39, 0.29) is 33.9 Å². The molecule has 6 amide bonds. The largest absolute Gasteiger partial charge is 0.345 e. The first-order valence-corrected chi connectivity index (χ1v) is 15.2. The summed E-state index contributed by atoms with van der Waals surface area (Å²) in [7, 11) is 0. The Hall–Kier alpha value is -8.76. The van der Waals surface area contributed by atoms with Crippen molar-refractivity contribution < 1.29 is 38.9 Å². The van der Waals surface area contributed by atoms with E-state index >= 15 is 0 Å². The summed E-state index contributed by atoms with van der Waals surface area (Å²) in [6.45, 7) is 0. The number of hydrazine groups is 2. The van der Waals surface area contributed by atoms with Crippen LogP contribution in [0.5, 0.6) is 0 Å². The van der Waals surface area contributed by atoms with E-state index in [0.717, 1.165) is 24.3 Å². The Kier molecular flexibility index (Phi) is 11.0. The highest BCUT2D eigenvalue weighted by Crippen LogP contribution is 2.38. The molecule has 5 rings (SSSR count). The van der Waals surface area contributed by atoms with Gasteiger partial charge >= 0.3 is 12.1 Å². The smallest absolute Gasteiger partial charge is 0.337 e. The molecule has 1 heterocycles.